The van der Waals surface area contributed by atoms with Crippen LogP contribution in [0.4, 0.5) is 5.82 Å². The van der Waals surface area contributed by atoms with Crippen molar-refractivity contribution >= 4 is 11.7 Å². The van der Waals surface area contributed by atoms with Crippen LogP contribution in [0.1, 0.15) is 38.2 Å². The Hall–Kier alpha value is -2.63. The summed E-state index contributed by atoms with van der Waals surface area (Å²) in [6, 6.07) is 13.9. The molecule has 6 nitrogen and oxygen atoms in total. The number of amides is 1. The van der Waals surface area contributed by atoms with Crippen LogP contribution in [0.2, 0.25) is 0 Å². The number of anilines is 1. The van der Waals surface area contributed by atoms with Crippen LogP contribution in [0.3, 0.4) is 0 Å². The maximum atomic E-state index is 13.0. The van der Waals surface area contributed by atoms with Crippen molar-refractivity contribution in [1.82, 2.24) is 15.1 Å². The summed E-state index contributed by atoms with van der Waals surface area (Å²) in [6.07, 6.45) is 1.76. The van der Waals surface area contributed by atoms with E-state index in [0.29, 0.717) is 25.6 Å². The average molecular weight is 368 g/mol. The molecule has 0 spiro atoms. The van der Waals surface area contributed by atoms with Gasteiger partial charge in [-0.3, -0.25) is 4.79 Å². The molecule has 1 amide bonds. The highest BCUT2D eigenvalue weighted by molar-refractivity contribution is 5.84. The van der Waals surface area contributed by atoms with Crippen molar-refractivity contribution in [3.8, 4) is 5.88 Å². The molecule has 6 heteroatoms. The Bertz CT molecular complexity index is 713. The number of hydrogen-bond acceptors (Lipinski definition) is 5. The first-order chi connectivity index (χ1) is 13.2. The Kier molecular flexibility index (Phi) is 6.63. The van der Waals surface area contributed by atoms with Gasteiger partial charge in [-0.25, -0.2) is 0 Å². The Labute approximate surface area is 161 Å². The number of aromatic nitrogens is 2. The van der Waals surface area contributed by atoms with Gasteiger partial charge in [0.1, 0.15) is 0 Å². The number of hydrogen-bond donors (Lipinski definition) is 0. The van der Waals surface area contributed by atoms with Gasteiger partial charge >= 0.3 is 0 Å². The van der Waals surface area contributed by atoms with Crippen LogP contribution in [0.5, 0.6) is 5.88 Å². The minimum Gasteiger partial charge on any atom is -0.477 e. The number of nitrogens with zero attached hydrogens (tertiary/aromatic N) is 4. The fourth-order valence-electron chi connectivity index (χ4n) is 3.38. The molecule has 3 rings (SSSR count). The third-order valence-corrected chi connectivity index (χ3v) is 4.90. The molecule has 1 fully saturated rings. The molecule has 0 saturated carbocycles. The van der Waals surface area contributed by atoms with Gasteiger partial charge in [0, 0.05) is 32.2 Å². The quantitative estimate of drug-likeness (QED) is 0.752. The molecule has 1 aliphatic heterocycles. The standard InChI is InChI=1S/C21H28N4O2/c1-3-16-27-20-11-10-19(22-23-20)24-12-14-25(15-13-24)21(26)18(4-2)17-8-6-5-7-9-17/h5-11,18H,3-4,12-16H2,1-2H3. The number of ether oxygens (including phenoxy) is 1. The molecule has 0 aliphatic carbocycles. The molecule has 144 valence electrons. The monoisotopic (exact) mass is 368 g/mol. The molecule has 0 bridgehead atoms. The van der Waals surface area contributed by atoms with Crippen molar-refractivity contribution in [3.05, 3.63) is 48.0 Å². The van der Waals surface area contributed by atoms with Crippen LogP contribution in [-0.2, 0) is 4.79 Å². The van der Waals surface area contributed by atoms with Crippen molar-refractivity contribution in [1.29, 1.82) is 0 Å². The highest BCUT2D eigenvalue weighted by atomic mass is 16.5. The average Bonchev–Trinajstić information content (AvgIpc) is 2.74. The zero-order valence-corrected chi connectivity index (χ0v) is 16.2. The summed E-state index contributed by atoms with van der Waals surface area (Å²) in [7, 11) is 0. The summed E-state index contributed by atoms with van der Waals surface area (Å²) in [5, 5.41) is 8.40. The molecule has 0 radical (unpaired) electrons. The Morgan fingerprint density at radius 2 is 1.78 bits per heavy atom. The maximum Gasteiger partial charge on any atom is 0.233 e. The lowest BCUT2D eigenvalue weighted by Gasteiger charge is -2.36. The van der Waals surface area contributed by atoms with Gasteiger partial charge in [0.05, 0.1) is 12.5 Å². The van der Waals surface area contributed by atoms with Crippen molar-refractivity contribution in [2.45, 2.75) is 32.6 Å². The number of piperazine rings is 1. The molecule has 27 heavy (non-hydrogen) atoms. The van der Waals surface area contributed by atoms with E-state index in [9.17, 15) is 4.79 Å². The molecule has 1 aromatic heterocycles. The van der Waals surface area contributed by atoms with E-state index in [1.54, 1.807) is 0 Å². The highest BCUT2D eigenvalue weighted by Crippen LogP contribution is 2.23. The maximum absolute atomic E-state index is 13.0. The van der Waals surface area contributed by atoms with Gasteiger partial charge in [0.15, 0.2) is 5.82 Å². The normalized spacial score (nSPS) is 15.5. The topological polar surface area (TPSA) is 58.6 Å². The summed E-state index contributed by atoms with van der Waals surface area (Å²) < 4.78 is 5.48. The minimum absolute atomic E-state index is 0.0625. The second-order valence-corrected chi connectivity index (χ2v) is 6.76. The molecular weight excluding hydrogens is 340 g/mol. The number of benzene rings is 1. The van der Waals surface area contributed by atoms with Gasteiger partial charge in [-0.15, -0.1) is 10.2 Å². The minimum atomic E-state index is -0.0625. The molecule has 1 atom stereocenters. The van der Waals surface area contributed by atoms with Gasteiger partial charge in [0.2, 0.25) is 11.8 Å². The molecule has 1 aliphatic rings. The van der Waals surface area contributed by atoms with Gasteiger partial charge in [-0.05, 0) is 24.5 Å². The second-order valence-electron chi connectivity index (χ2n) is 6.76. The van der Waals surface area contributed by atoms with E-state index in [-0.39, 0.29) is 11.8 Å². The highest BCUT2D eigenvalue weighted by Gasteiger charge is 2.27. The smallest absolute Gasteiger partial charge is 0.233 e. The van der Waals surface area contributed by atoms with E-state index in [4.69, 9.17) is 4.74 Å². The Morgan fingerprint density at radius 3 is 2.37 bits per heavy atom. The van der Waals surface area contributed by atoms with E-state index < -0.39 is 0 Å². The fraction of sp³-hybridized carbons (Fsp3) is 0.476. The predicted octanol–water partition coefficient (Wildman–Crippen LogP) is 3.11. The first-order valence-electron chi connectivity index (χ1n) is 9.78. The number of rotatable bonds is 7. The van der Waals surface area contributed by atoms with Crippen molar-refractivity contribution in [2.75, 3.05) is 37.7 Å². The van der Waals surface area contributed by atoms with Gasteiger partial charge < -0.3 is 14.5 Å². The molecular formula is C21H28N4O2. The summed E-state index contributed by atoms with van der Waals surface area (Å²) in [5.74, 6) is 1.55. The lowest BCUT2D eigenvalue weighted by molar-refractivity contribution is -0.133. The van der Waals surface area contributed by atoms with Crippen LogP contribution < -0.4 is 9.64 Å². The van der Waals surface area contributed by atoms with Crippen LogP contribution >= 0.6 is 0 Å². The van der Waals surface area contributed by atoms with E-state index in [1.165, 1.54) is 0 Å². The molecule has 1 saturated heterocycles. The summed E-state index contributed by atoms with van der Waals surface area (Å²) in [4.78, 5) is 17.1. The third-order valence-electron chi connectivity index (χ3n) is 4.90. The molecule has 1 unspecified atom stereocenters. The van der Waals surface area contributed by atoms with E-state index in [1.807, 2.05) is 47.4 Å². The molecule has 2 aromatic rings. The Balaban J connectivity index is 1.57. The molecule has 0 N–H and O–H groups in total. The van der Waals surface area contributed by atoms with Crippen molar-refractivity contribution in [3.63, 3.8) is 0 Å². The largest absolute Gasteiger partial charge is 0.477 e. The number of carbonyl (C=O) groups is 1. The summed E-state index contributed by atoms with van der Waals surface area (Å²) in [6.45, 7) is 7.72. The zero-order valence-electron chi connectivity index (χ0n) is 16.2. The summed E-state index contributed by atoms with van der Waals surface area (Å²) in [5.41, 5.74) is 1.10. The van der Waals surface area contributed by atoms with Crippen LogP contribution in [0.15, 0.2) is 42.5 Å². The van der Waals surface area contributed by atoms with E-state index in [0.717, 1.165) is 37.3 Å². The van der Waals surface area contributed by atoms with E-state index >= 15 is 0 Å². The Morgan fingerprint density at radius 1 is 1.04 bits per heavy atom. The van der Waals surface area contributed by atoms with Crippen molar-refractivity contribution < 1.29 is 9.53 Å². The fourth-order valence-corrected chi connectivity index (χ4v) is 3.38. The molecule has 1 aromatic carbocycles. The van der Waals surface area contributed by atoms with Crippen molar-refractivity contribution in [2.24, 2.45) is 0 Å². The zero-order chi connectivity index (χ0) is 19.1. The van der Waals surface area contributed by atoms with Crippen LogP contribution in [0.25, 0.3) is 0 Å². The van der Waals surface area contributed by atoms with Crippen LogP contribution in [-0.4, -0.2) is 53.8 Å². The van der Waals surface area contributed by atoms with E-state index in [2.05, 4.69) is 28.9 Å². The second kappa shape index (κ2) is 9.35. The van der Waals surface area contributed by atoms with Gasteiger partial charge in [-0.2, -0.15) is 0 Å². The molecule has 2 heterocycles. The lowest BCUT2D eigenvalue weighted by atomic mass is 9.95. The van der Waals surface area contributed by atoms with Gasteiger partial charge in [-0.1, -0.05) is 44.2 Å². The van der Waals surface area contributed by atoms with Crippen LogP contribution in [0, 0.1) is 0 Å². The SMILES string of the molecule is CCCOc1ccc(N2CCN(C(=O)C(CC)c3ccccc3)CC2)nn1. The first kappa shape index (κ1) is 19.1. The number of carbonyl (C=O) groups excluding carboxylic acids is 1. The lowest BCUT2D eigenvalue weighted by Crippen LogP contribution is -2.50. The third kappa shape index (κ3) is 4.76. The predicted molar refractivity (Wildman–Crippen MR) is 106 cm³/mol. The van der Waals surface area contributed by atoms with Gasteiger partial charge in [0.25, 0.3) is 0 Å². The first-order valence-corrected chi connectivity index (χ1v) is 9.78. The summed E-state index contributed by atoms with van der Waals surface area (Å²) >= 11 is 0.